The molecule has 0 fully saturated rings. The van der Waals surface area contributed by atoms with Crippen molar-refractivity contribution < 1.29 is 9.21 Å². The first-order valence-electron chi connectivity index (χ1n) is 7.43. The molecule has 0 spiro atoms. The van der Waals surface area contributed by atoms with Gasteiger partial charge in [0.05, 0.1) is 12.7 Å². The van der Waals surface area contributed by atoms with E-state index >= 15 is 0 Å². The van der Waals surface area contributed by atoms with Crippen molar-refractivity contribution in [3.05, 3.63) is 59.9 Å². The van der Waals surface area contributed by atoms with Gasteiger partial charge in [-0.3, -0.25) is 9.48 Å². The van der Waals surface area contributed by atoms with Gasteiger partial charge in [-0.25, -0.2) is 4.98 Å². The summed E-state index contributed by atoms with van der Waals surface area (Å²) in [5.74, 6) is 0.719. The van der Waals surface area contributed by atoms with E-state index in [0.717, 1.165) is 11.1 Å². The van der Waals surface area contributed by atoms with Gasteiger partial charge in [-0.05, 0) is 12.5 Å². The van der Waals surface area contributed by atoms with Crippen LogP contribution in [0.15, 0.2) is 47.1 Å². The second kappa shape index (κ2) is 6.48. The molecule has 2 heterocycles. The summed E-state index contributed by atoms with van der Waals surface area (Å²) in [4.78, 5) is 16.6. The van der Waals surface area contributed by atoms with E-state index < -0.39 is 0 Å². The number of amides is 1. The molecule has 6 heteroatoms. The third-order valence-corrected chi connectivity index (χ3v) is 3.37. The molecule has 0 aliphatic carbocycles. The summed E-state index contributed by atoms with van der Waals surface area (Å²) in [5, 5.41) is 7.04. The van der Waals surface area contributed by atoms with Gasteiger partial charge in [0.2, 0.25) is 0 Å². The van der Waals surface area contributed by atoms with Gasteiger partial charge in [0.1, 0.15) is 0 Å². The zero-order chi connectivity index (χ0) is 16.2. The minimum absolute atomic E-state index is 0.246. The van der Waals surface area contributed by atoms with Crippen molar-refractivity contribution in [2.45, 2.75) is 20.4 Å². The summed E-state index contributed by atoms with van der Waals surface area (Å²) >= 11 is 0. The Hall–Kier alpha value is -2.89. The first-order chi connectivity index (χ1) is 11.1. The monoisotopic (exact) mass is 310 g/mol. The third-order valence-electron chi connectivity index (χ3n) is 3.37. The predicted molar refractivity (Wildman–Crippen MR) is 86.0 cm³/mol. The molecule has 0 saturated heterocycles. The number of nitrogens with zero attached hydrogens (tertiary/aromatic N) is 3. The van der Waals surface area contributed by atoms with Gasteiger partial charge in [0.15, 0.2) is 17.3 Å². The quantitative estimate of drug-likeness (QED) is 0.786. The van der Waals surface area contributed by atoms with Crippen molar-refractivity contribution in [3.8, 4) is 11.3 Å². The number of oxazole rings is 1. The second-order valence-corrected chi connectivity index (χ2v) is 5.31. The molecule has 2 aromatic heterocycles. The van der Waals surface area contributed by atoms with E-state index in [1.165, 1.54) is 0 Å². The summed E-state index contributed by atoms with van der Waals surface area (Å²) in [6.07, 6.45) is 3.72. The number of carbonyl (C=O) groups is 1. The molecular weight excluding hydrogens is 292 g/mol. The van der Waals surface area contributed by atoms with Gasteiger partial charge in [-0.15, -0.1) is 0 Å². The van der Waals surface area contributed by atoms with E-state index in [1.807, 2.05) is 43.5 Å². The first kappa shape index (κ1) is 15.0. The number of aryl methyl sites for hydroxylation is 2. The van der Waals surface area contributed by atoms with Crippen LogP contribution in [-0.4, -0.2) is 27.2 Å². The molecular formula is C17H18N4O2. The maximum absolute atomic E-state index is 12.4. The maximum atomic E-state index is 12.4. The maximum Gasteiger partial charge on any atom is 0.273 e. The molecule has 1 N–H and O–H groups in total. The van der Waals surface area contributed by atoms with Crippen LogP contribution >= 0.6 is 0 Å². The first-order valence-corrected chi connectivity index (χ1v) is 7.43. The molecule has 0 saturated carbocycles. The Kier molecular flexibility index (Phi) is 4.23. The van der Waals surface area contributed by atoms with Crippen molar-refractivity contribution in [1.82, 2.24) is 20.1 Å². The molecule has 6 nitrogen and oxygen atoms in total. The van der Waals surface area contributed by atoms with Gasteiger partial charge >= 0.3 is 0 Å². The Balaban J connectivity index is 1.70. The number of hydrogen-bond acceptors (Lipinski definition) is 4. The summed E-state index contributed by atoms with van der Waals surface area (Å²) in [6.45, 7) is 4.79. The Bertz CT molecular complexity index is 805. The van der Waals surface area contributed by atoms with Crippen molar-refractivity contribution in [2.24, 2.45) is 0 Å². The Labute approximate surface area is 134 Å². The van der Waals surface area contributed by atoms with Gasteiger partial charge in [0.25, 0.3) is 5.91 Å². The van der Waals surface area contributed by atoms with Crippen LogP contribution in [0.2, 0.25) is 0 Å². The number of aromatic nitrogens is 3. The lowest BCUT2D eigenvalue weighted by atomic mass is 10.1. The summed E-state index contributed by atoms with van der Waals surface area (Å²) in [6, 6.07) is 9.49. The van der Waals surface area contributed by atoms with E-state index in [9.17, 15) is 4.79 Å². The van der Waals surface area contributed by atoms with Crippen molar-refractivity contribution >= 4 is 5.91 Å². The molecule has 0 bridgehead atoms. The summed E-state index contributed by atoms with van der Waals surface area (Å²) in [5.41, 5.74) is 2.24. The van der Waals surface area contributed by atoms with Crippen LogP contribution in [0, 0.1) is 13.8 Å². The highest BCUT2D eigenvalue weighted by Gasteiger charge is 2.19. The molecule has 0 aliphatic rings. The van der Waals surface area contributed by atoms with Crippen LogP contribution < -0.4 is 5.32 Å². The van der Waals surface area contributed by atoms with Crippen LogP contribution in [0.5, 0.6) is 0 Å². The minimum atomic E-state index is -0.246. The van der Waals surface area contributed by atoms with Crippen LogP contribution in [-0.2, 0) is 6.54 Å². The number of hydrogen-bond donors (Lipinski definition) is 1. The Morgan fingerprint density at radius 2 is 2.04 bits per heavy atom. The SMILES string of the molecule is Cc1cnn(CCNC(=O)c2nc(C)oc2-c2ccccc2)c1. The molecule has 0 atom stereocenters. The smallest absolute Gasteiger partial charge is 0.273 e. The van der Waals surface area contributed by atoms with Gasteiger partial charge in [-0.2, -0.15) is 5.10 Å². The molecule has 118 valence electrons. The zero-order valence-corrected chi connectivity index (χ0v) is 13.1. The highest BCUT2D eigenvalue weighted by atomic mass is 16.4. The third kappa shape index (κ3) is 3.48. The number of nitrogens with one attached hydrogen (secondary N) is 1. The lowest BCUT2D eigenvalue weighted by Gasteiger charge is -2.05. The molecule has 3 aromatic rings. The Morgan fingerprint density at radius 1 is 1.26 bits per heavy atom. The van der Waals surface area contributed by atoms with Crippen LogP contribution in [0.25, 0.3) is 11.3 Å². The molecule has 1 amide bonds. The van der Waals surface area contributed by atoms with E-state index in [4.69, 9.17) is 4.42 Å². The summed E-state index contributed by atoms with van der Waals surface area (Å²) in [7, 11) is 0. The lowest BCUT2D eigenvalue weighted by Crippen LogP contribution is -2.28. The topological polar surface area (TPSA) is 73.0 Å². The van der Waals surface area contributed by atoms with Gasteiger partial charge in [0, 0.05) is 25.2 Å². The van der Waals surface area contributed by atoms with E-state index in [1.54, 1.807) is 17.8 Å². The van der Waals surface area contributed by atoms with Crippen molar-refractivity contribution in [1.29, 1.82) is 0 Å². The molecule has 0 aliphatic heterocycles. The molecule has 1 aromatic carbocycles. The fourth-order valence-electron chi connectivity index (χ4n) is 2.32. The normalized spacial score (nSPS) is 10.7. The molecule has 0 radical (unpaired) electrons. The standard InChI is InChI=1S/C17H18N4O2/c1-12-10-19-21(11-12)9-8-18-17(22)15-16(23-13(2)20-15)14-6-4-3-5-7-14/h3-7,10-11H,8-9H2,1-2H3,(H,18,22). The van der Waals surface area contributed by atoms with Gasteiger partial charge in [-0.1, -0.05) is 30.3 Å². The zero-order valence-electron chi connectivity index (χ0n) is 13.1. The molecule has 23 heavy (non-hydrogen) atoms. The summed E-state index contributed by atoms with van der Waals surface area (Å²) < 4.78 is 7.39. The minimum Gasteiger partial charge on any atom is -0.440 e. The average molecular weight is 310 g/mol. The van der Waals surface area contributed by atoms with E-state index in [2.05, 4.69) is 15.4 Å². The van der Waals surface area contributed by atoms with Gasteiger partial charge < -0.3 is 9.73 Å². The van der Waals surface area contributed by atoms with Crippen LogP contribution in [0.3, 0.4) is 0 Å². The fourth-order valence-corrected chi connectivity index (χ4v) is 2.32. The second-order valence-electron chi connectivity index (χ2n) is 5.31. The molecule has 0 unspecified atom stereocenters. The molecule has 3 rings (SSSR count). The van der Waals surface area contributed by atoms with Crippen molar-refractivity contribution in [3.63, 3.8) is 0 Å². The van der Waals surface area contributed by atoms with Crippen molar-refractivity contribution in [2.75, 3.05) is 6.54 Å². The highest BCUT2D eigenvalue weighted by Crippen LogP contribution is 2.24. The Morgan fingerprint density at radius 3 is 2.74 bits per heavy atom. The van der Waals surface area contributed by atoms with Crippen LogP contribution in [0.1, 0.15) is 21.9 Å². The lowest BCUT2D eigenvalue weighted by molar-refractivity contribution is 0.0947. The highest BCUT2D eigenvalue weighted by molar-refractivity contribution is 5.97. The number of benzene rings is 1. The largest absolute Gasteiger partial charge is 0.440 e. The number of rotatable bonds is 5. The van der Waals surface area contributed by atoms with E-state index in [-0.39, 0.29) is 5.91 Å². The predicted octanol–water partition coefficient (Wildman–Crippen LogP) is 2.58. The van der Waals surface area contributed by atoms with E-state index in [0.29, 0.717) is 30.4 Å². The number of carbonyl (C=O) groups excluding carboxylic acids is 1. The fraction of sp³-hybridized carbons (Fsp3) is 0.235. The average Bonchev–Trinajstić information content (AvgIpc) is 3.14. The van der Waals surface area contributed by atoms with Crippen LogP contribution in [0.4, 0.5) is 0 Å².